The maximum atomic E-state index is 14.0. The van der Waals surface area contributed by atoms with Crippen LogP contribution in [0.25, 0.3) is 0 Å². The molecule has 0 saturated carbocycles. The molecule has 0 aliphatic rings. The van der Waals surface area contributed by atoms with Gasteiger partial charge >= 0.3 is 140 Å². The van der Waals surface area contributed by atoms with Gasteiger partial charge in [0.2, 0.25) is 139 Å². The third-order valence-corrected chi connectivity index (χ3v) is 326. The van der Waals surface area contributed by atoms with E-state index in [-0.39, 0.29) is 24.3 Å². The molecule has 1 rings (SSSR count). The molecule has 0 aliphatic carbocycles. The number of esters is 1. The van der Waals surface area contributed by atoms with E-state index in [9.17, 15) is 129 Å². The molecule has 85 heteroatoms. The highest BCUT2D eigenvalue weighted by Crippen LogP contribution is 2.54. The van der Waals surface area contributed by atoms with Gasteiger partial charge < -0.3 is 191 Å². The van der Waals surface area contributed by atoms with Crippen molar-refractivity contribution in [3.05, 3.63) is 30.3 Å². The normalized spacial score (nSPS) is 16.9. The van der Waals surface area contributed by atoms with Crippen molar-refractivity contribution in [2.24, 2.45) is 5.41 Å². The quantitative estimate of drug-likeness (QED) is 0.0164. The molecule has 1 aromatic carbocycles. The van der Waals surface area contributed by atoms with Crippen LogP contribution >= 0.6 is 0 Å². The van der Waals surface area contributed by atoms with Crippen LogP contribution in [0.15, 0.2) is 30.3 Å². The van der Waals surface area contributed by atoms with Crippen molar-refractivity contribution in [2.75, 3.05) is 6.61 Å². The molecule has 5 unspecified atom stereocenters. The molecule has 5 atom stereocenters. The highest BCUT2D eigenvalue weighted by molar-refractivity contribution is 8.24. The number of rotatable bonds is 63. The summed E-state index contributed by atoms with van der Waals surface area (Å²) in [5.41, 5.74) is -1.03. The van der Waals surface area contributed by atoms with Gasteiger partial charge in [0, 0.05) is 0 Å². The molecule has 0 saturated heterocycles. The van der Waals surface area contributed by atoms with Gasteiger partial charge in [0.05, 0.1) is 12.0 Å². The van der Waals surface area contributed by atoms with Gasteiger partial charge in [-0.25, -0.2) is 0 Å². The van der Waals surface area contributed by atoms with Crippen LogP contribution in [-0.2, 0) is 71.3 Å². The molecule has 0 aliphatic heterocycles. The molecular formula is C24H75O43Si42. The SMILES string of the molecule is CCC(C)(C)C(=O)OCCC[Si](C)(O[Si](C)O[Si](O[Si](O[Si](O)([Si]O)[Si](C)(C)C)([Si](O[Si]O)([Si]O)[Si]O)[Si](O[Si]O)([Si]O)[Si]O)([Si](O[Si](O[Si]O)([Si]O)[Si]O)([Si](O[Si]O)([Si]O)[Si]O)[Si](O[Si]O)([Si]O)[Si]O)[Si](O[Si](O[Si]O)([Si]O)[Si]O)([Si](O[Si]O)([Si]O)[Si]O)[Si](O[Si](C)(O)c1ccccc1)([Si]O)[Si]O)O[Si](C)(C)C. The number of carbonyl (C=O) groups excluding carboxylic acids is 1. The number of benzene rings is 1. The van der Waals surface area contributed by atoms with Gasteiger partial charge in [-0.2, -0.15) is 0 Å². The molecular weight excluding hydrogens is 2160 g/mol. The lowest BCUT2D eigenvalue weighted by Crippen LogP contribution is -3.14. The minimum Gasteiger partial charge on any atom is -0.465 e. The molecule has 0 aromatic heterocycles. The van der Waals surface area contributed by atoms with E-state index in [1.54, 1.807) is 40.4 Å². The van der Waals surface area contributed by atoms with Crippen molar-refractivity contribution in [3.63, 3.8) is 0 Å². The Morgan fingerprint density at radius 3 is 1.04 bits per heavy atom. The number of hydrogen-bond acceptors (Lipinski definition) is 43. The molecule has 49 radical (unpaired) electrons. The molecule has 43 nitrogen and oxygen atoms in total. The number of carbonyl (C=O) groups is 1. The number of hydrogen-bond donors (Lipinski definition) is 26. The van der Waals surface area contributed by atoms with E-state index >= 15 is 0 Å². The predicted octanol–water partition coefficient (Wildman–Crippen LogP) is -23.1. The van der Waals surface area contributed by atoms with Gasteiger partial charge in [-0.15, -0.1) is 0 Å². The second kappa shape index (κ2) is 49.3. The largest absolute Gasteiger partial charge is 0.465 e. The maximum Gasteiger partial charge on any atom is 0.420 e. The van der Waals surface area contributed by atoms with E-state index in [0.717, 1.165) is 13.1 Å². The third-order valence-electron chi connectivity index (χ3n) is 15.3. The lowest BCUT2D eigenvalue weighted by atomic mass is 9.91. The summed E-state index contributed by atoms with van der Waals surface area (Å²) in [6.07, 6.45) is 0.139. The van der Waals surface area contributed by atoms with Crippen LogP contribution < -0.4 is 5.19 Å². The summed E-state index contributed by atoms with van der Waals surface area (Å²) >= 11 is 0. The summed E-state index contributed by atoms with van der Waals surface area (Å²) in [5.74, 6) is -0.652. The van der Waals surface area contributed by atoms with E-state index in [1.807, 2.05) is 0 Å². The Bertz CT molecular complexity index is 2700. The zero-order chi connectivity index (χ0) is 84.4. The summed E-state index contributed by atoms with van der Waals surface area (Å²) in [6, 6.07) is 6.25. The fourth-order valence-corrected chi connectivity index (χ4v) is 524. The van der Waals surface area contributed by atoms with Crippen molar-refractivity contribution < 1.29 is 196 Å². The highest BCUT2D eigenvalue weighted by Gasteiger charge is 3.01. The minimum absolute atomic E-state index is 0.173. The Labute approximate surface area is 703 Å². The highest BCUT2D eigenvalue weighted by atomic mass is 30.5. The van der Waals surface area contributed by atoms with Crippen LogP contribution in [0.3, 0.4) is 0 Å². The van der Waals surface area contributed by atoms with E-state index < -0.39 is 374 Å². The van der Waals surface area contributed by atoms with Gasteiger partial charge in [0.1, 0.15) is 7.59 Å². The summed E-state index contributed by atoms with van der Waals surface area (Å²) in [6.45, 7) is -38.7. The van der Waals surface area contributed by atoms with Crippen LogP contribution in [0.2, 0.25) is 65.0 Å². The van der Waals surface area contributed by atoms with Gasteiger partial charge in [-0.1, -0.05) is 56.9 Å². The second-order valence-corrected chi connectivity index (χ2v) is 204. The molecule has 0 bridgehead atoms. The van der Waals surface area contributed by atoms with E-state index in [1.165, 1.54) is 56.5 Å². The first-order valence-corrected chi connectivity index (χ1v) is 116. The predicted molar refractivity (Wildman–Crippen MR) is 439 cm³/mol. The first kappa shape index (κ1) is 113. The van der Waals surface area contributed by atoms with Crippen LogP contribution in [0.4, 0.5) is 0 Å². The topological polar surface area (TPSA) is 691 Å². The van der Waals surface area contributed by atoms with Crippen LogP contribution in [0.5, 0.6) is 0 Å². The van der Waals surface area contributed by atoms with Crippen LogP contribution in [-0.4, -0.2) is 500 Å². The molecule has 0 heterocycles. The average Bonchev–Trinajstić information content (AvgIpc) is 0.638. The maximum absolute atomic E-state index is 14.0. The van der Waals surface area contributed by atoms with Crippen molar-refractivity contribution in [2.45, 2.75) is 98.6 Å². The number of ether oxygens (including phenoxy) is 1. The zero-order valence-electron chi connectivity index (χ0n) is 58.8. The fraction of sp³-hybridized carbons (Fsp3) is 0.708. The van der Waals surface area contributed by atoms with Gasteiger partial charge in [-0.05, 0) is 77.2 Å². The smallest absolute Gasteiger partial charge is 0.420 e. The summed E-state index contributed by atoms with van der Waals surface area (Å²) in [7, 11) is -111. The second-order valence-electron chi connectivity index (χ2n) is 24.4. The third kappa shape index (κ3) is 24.3. The molecule has 26 N–H and O–H groups in total. The minimum atomic E-state index is -8.46. The van der Waals surface area contributed by atoms with E-state index in [4.69, 9.17) is 66.5 Å². The van der Waals surface area contributed by atoms with Crippen molar-refractivity contribution in [1.82, 2.24) is 0 Å². The lowest BCUT2D eigenvalue weighted by molar-refractivity contribution is -0.154. The zero-order valence-corrected chi connectivity index (χ0v) is 101. The van der Waals surface area contributed by atoms with Crippen LogP contribution in [0.1, 0.15) is 33.6 Å². The van der Waals surface area contributed by atoms with E-state index in [0.29, 0.717) is 6.42 Å². The molecule has 1 aromatic rings. The van der Waals surface area contributed by atoms with Crippen molar-refractivity contribution >= 4 is 374 Å². The standard InChI is InChI=1S/C24H75O43Si42/c1-13-24(2,3)23(25)52-20-17-21-95(11,62-93(5,6)7)60-92(4)61-100(108(104(84-42,85-43)57-72-30,105(86-44,87-45)58-73-31)65-98(76-34,77-35)53-68-26,67-101(102(80-38,81-39)55-70-28,103(82-40,83-41)56-71-29)64-97(51,75-33)94(8,9)10)109(106(88-46,89-47)59-74-32,66-99(78-36,79-37)54-69-27)107(90-48,91-49)63-96(12,50)22-18-15-14-16-19-22/h14-16,18-19,26-51H,13,17,20-21H2,1-12H3. The average molecular weight is 2230 g/mol. The van der Waals surface area contributed by atoms with Crippen molar-refractivity contribution in [1.29, 1.82) is 0 Å². The Hall–Kier alpha value is 6.16. The Balaban J connectivity index is 7.44. The lowest BCUT2D eigenvalue weighted by Gasteiger charge is -2.70. The molecule has 0 fully saturated rings. The van der Waals surface area contributed by atoms with Gasteiger partial charge in [0.25, 0.3) is 73.9 Å². The van der Waals surface area contributed by atoms with Crippen molar-refractivity contribution in [3.8, 4) is 0 Å². The Morgan fingerprint density at radius 2 is 0.743 bits per heavy atom. The van der Waals surface area contributed by atoms with Gasteiger partial charge in [-0.3, -0.25) is 4.79 Å². The molecule has 597 valence electrons. The molecule has 0 amide bonds. The monoisotopic (exact) mass is 2230 g/mol. The Kier molecular flexibility index (Phi) is 51.2. The summed E-state index contributed by atoms with van der Waals surface area (Å²) in [4.78, 5) is 344. The summed E-state index contributed by atoms with van der Waals surface area (Å²) in [5, 5.41) is -0.283. The van der Waals surface area contributed by atoms with Gasteiger partial charge in [0.15, 0.2) is 8.32 Å². The fourth-order valence-electron chi connectivity index (χ4n) is 9.96. The Morgan fingerprint density at radius 1 is 0.404 bits per heavy atom. The van der Waals surface area contributed by atoms with E-state index in [2.05, 4.69) is 0 Å². The first-order chi connectivity index (χ1) is 50.8. The van der Waals surface area contributed by atoms with Crippen LogP contribution in [0, 0.1) is 5.41 Å². The summed E-state index contributed by atoms with van der Waals surface area (Å²) < 4.78 is 111. The molecule has 109 heavy (non-hydrogen) atoms. The molecule has 0 spiro atoms. The first-order valence-electron chi connectivity index (χ1n) is 29.5.